The van der Waals surface area contributed by atoms with Gasteiger partial charge in [0.05, 0.1) is 6.10 Å². The lowest BCUT2D eigenvalue weighted by molar-refractivity contribution is 0.0968. The Balaban J connectivity index is 2.25. The van der Waals surface area contributed by atoms with Crippen LogP contribution in [-0.2, 0) is 6.42 Å². The first-order valence-corrected chi connectivity index (χ1v) is 6.43. The van der Waals surface area contributed by atoms with Crippen LogP contribution in [0.15, 0.2) is 6.33 Å². The van der Waals surface area contributed by atoms with E-state index in [9.17, 15) is 5.11 Å². The Kier molecular flexibility index (Phi) is 3.84. The van der Waals surface area contributed by atoms with Crippen molar-refractivity contribution in [2.24, 2.45) is 5.92 Å². The largest absolute Gasteiger partial charge is 0.393 e. The van der Waals surface area contributed by atoms with Gasteiger partial charge in [0.15, 0.2) is 0 Å². The summed E-state index contributed by atoms with van der Waals surface area (Å²) < 4.78 is 0. The minimum Gasteiger partial charge on any atom is -0.393 e. The molecule has 0 amide bonds. The van der Waals surface area contributed by atoms with Crippen LogP contribution < -0.4 is 4.90 Å². The summed E-state index contributed by atoms with van der Waals surface area (Å²) in [6, 6.07) is 0. The highest BCUT2D eigenvalue weighted by atomic mass is 35.5. The van der Waals surface area contributed by atoms with E-state index in [-0.39, 0.29) is 12.0 Å². The lowest BCUT2D eigenvalue weighted by Gasteiger charge is -2.36. The standard InChI is InChI=1S/C12H18ClN3O/c1-3-9-11(13)14-7-15-12(9)16-5-4-10(17)8(2)6-16/h7-8,10,17H,3-6H2,1-2H3. The number of anilines is 1. The highest BCUT2D eigenvalue weighted by molar-refractivity contribution is 6.30. The van der Waals surface area contributed by atoms with Crippen LogP contribution in [0.4, 0.5) is 5.82 Å². The summed E-state index contributed by atoms with van der Waals surface area (Å²) in [5, 5.41) is 10.3. The Hall–Kier alpha value is -0.870. The second-order valence-corrected chi connectivity index (χ2v) is 4.96. The molecule has 1 saturated heterocycles. The van der Waals surface area contributed by atoms with Crippen molar-refractivity contribution in [2.75, 3.05) is 18.0 Å². The molecule has 94 valence electrons. The van der Waals surface area contributed by atoms with E-state index in [0.29, 0.717) is 5.15 Å². The minimum atomic E-state index is -0.200. The molecule has 0 bridgehead atoms. The topological polar surface area (TPSA) is 49.2 Å². The fourth-order valence-corrected chi connectivity index (χ4v) is 2.55. The van der Waals surface area contributed by atoms with E-state index in [4.69, 9.17) is 11.6 Å². The van der Waals surface area contributed by atoms with Gasteiger partial charge in [-0.15, -0.1) is 0 Å². The summed E-state index contributed by atoms with van der Waals surface area (Å²) >= 11 is 6.09. The van der Waals surface area contributed by atoms with E-state index in [1.165, 1.54) is 6.33 Å². The minimum absolute atomic E-state index is 0.200. The third-order valence-corrected chi connectivity index (χ3v) is 3.71. The van der Waals surface area contributed by atoms with E-state index >= 15 is 0 Å². The van der Waals surface area contributed by atoms with Gasteiger partial charge in [-0.2, -0.15) is 0 Å². The molecule has 1 N–H and O–H groups in total. The zero-order valence-corrected chi connectivity index (χ0v) is 11.0. The zero-order chi connectivity index (χ0) is 12.4. The Morgan fingerprint density at radius 1 is 1.53 bits per heavy atom. The molecule has 1 aliphatic rings. The molecule has 2 rings (SSSR count). The van der Waals surface area contributed by atoms with Gasteiger partial charge >= 0.3 is 0 Å². The van der Waals surface area contributed by atoms with Crippen LogP contribution in [0.3, 0.4) is 0 Å². The van der Waals surface area contributed by atoms with Crippen molar-refractivity contribution < 1.29 is 5.11 Å². The summed E-state index contributed by atoms with van der Waals surface area (Å²) in [5.74, 6) is 1.19. The van der Waals surface area contributed by atoms with Crippen molar-refractivity contribution in [1.82, 2.24) is 9.97 Å². The van der Waals surface area contributed by atoms with Crippen molar-refractivity contribution >= 4 is 17.4 Å². The van der Waals surface area contributed by atoms with E-state index in [2.05, 4.69) is 28.7 Å². The van der Waals surface area contributed by atoms with Crippen LogP contribution in [0.2, 0.25) is 5.15 Å². The summed E-state index contributed by atoms with van der Waals surface area (Å²) in [4.78, 5) is 10.6. The fraction of sp³-hybridized carbons (Fsp3) is 0.667. The molecule has 2 unspecified atom stereocenters. The third-order valence-electron chi connectivity index (χ3n) is 3.38. The van der Waals surface area contributed by atoms with Gasteiger partial charge in [-0.05, 0) is 18.8 Å². The molecule has 0 radical (unpaired) electrons. The maximum Gasteiger partial charge on any atom is 0.137 e. The third kappa shape index (κ3) is 2.53. The predicted octanol–water partition coefficient (Wildman–Crippen LogP) is 1.90. The van der Waals surface area contributed by atoms with Gasteiger partial charge in [-0.1, -0.05) is 25.4 Å². The zero-order valence-electron chi connectivity index (χ0n) is 10.2. The quantitative estimate of drug-likeness (QED) is 0.820. The smallest absolute Gasteiger partial charge is 0.137 e. The van der Waals surface area contributed by atoms with E-state index in [1.54, 1.807) is 0 Å². The van der Waals surface area contributed by atoms with Crippen LogP contribution in [0.5, 0.6) is 0 Å². The van der Waals surface area contributed by atoms with Gasteiger partial charge in [0, 0.05) is 18.7 Å². The monoisotopic (exact) mass is 255 g/mol. The SMILES string of the molecule is CCc1c(Cl)ncnc1N1CCC(O)C(C)C1. The number of halogens is 1. The number of nitrogens with zero attached hydrogens (tertiary/aromatic N) is 3. The Morgan fingerprint density at radius 3 is 2.94 bits per heavy atom. The Morgan fingerprint density at radius 2 is 2.29 bits per heavy atom. The average Bonchev–Trinajstić information content (AvgIpc) is 2.32. The van der Waals surface area contributed by atoms with Gasteiger partial charge in [0.25, 0.3) is 0 Å². The molecule has 0 spiro atoms. The molecular weight excluding hydrogens is 238 g/mol. The maximum atomic E-state index is 9.74. The second-order valence-electron chi connectivity index (χ2n) is 4.60. The lowest BCUT2D eigenvalue weighted by atomic mass is 9.96. The highest BCUT2D eigenvalue weighted by Crippen LogP contribution is 2.27. The highest BCUT2D eigenvalue weighted by Gasteiger charge is 2.26. The number of rotatable bonds is 2. The maximum absolute atomic E-state index is 9.74. The molecule has 4 nitrogen and oxygen atoms in total. The molecule has 1 aliphatic heterocycles. The molecule has 2 heterocycles. The number of aliphatic hydroxyl groups excluding tert-OH is 1. The van der Waals surface area contributed by atoms with Crippen LogP contribution in [-0.4, -0.2) is 34.3 Å². The fourth-order valence-electron chi connectivity index (χ4n) is 2.28. The molecule has 0 aliphatic carbocycles. The van der Waals surface area contributed by atoms with Gasteiger partial charge in [0.1, 0.15) is 17.3 Å². The van der Waals surface area contributed by atoms with Gasteiger partial charge in [-0.25, -0.2) is 9.97 Å². The number of hydrogen-bond acceptors (Lipinski definition) is 4. The normalized spacial score (nSPS) is 25.1. The summed E-state index contributed by atoms with van der Waals surface area (Å²) in [7, 11) is 0. The van der Waals surface area contributed by atoms with Gasteiger partial charge in [0.2, 0.25) is 0 Å². The molecule has 1 aromatic rings. The van der Waals surface area contributed by atoms with E-state index < -0.39 is 0 Å². The van der Waals surface area contributed by atoms with Crippen LogP contribution >= 0.6 is 11.6 Å². The molecule has 17 heavy (non-hydrogen) atoms. The molecule has 5 heteroatoms. The summed E-state index contributed by atoms with van der Waals surface area (Å²) in [6.45, 7) is 5.76. The van der Waals surface area contributed by atoms with Crippen molar-refractivity contribution in [3.8, 4) is 0 Å². The number of hydrogen-bond donors (Lipinski definition) is 1. The number of piperidine rings is 1. The Labute approximate surface area is 107 Å². The molecule has 0 saturated carbocycles. The first-order chi connectivity index (χ1) is 8.13. The van der Waals surface area contributed by atoms with E-state index in [1.807, 2.05) is 0 Å². The number of aliphatic hydroxyl groups is 1. The van der Waals surface area contributed by atoms with E-state index in [0.717, 1.165) is 37.3 Å². The first kappa shape index (κ1) is 12.6. The van der Waals surface area contributed by atoms with Crippen LogP contribution in [0.1, 0.15) is 25.8 Å². The van der Waals surface area contributed by atoms with Crippen LogP contribution in [0, 0.1) is 5.92 Å². The molecule has 2 atom stereocenters. The summed E-state index contributed by atoms with van der Waals surface area (Å²) in [6.07, 6.45) is 2.91. The molecule has 1 fully saturated rings. The lowest BCUT2D eigenvalue weighted by Crippen LogP contribution is -2.42. The predicted molar refractivity (Wildman–Crippen MR) is 68.4 cm³/mol. The van der Waals surface area contributed by atoms with Gasteiger partial charge in [-0.3, -0.25) is 0 Å². The van der Waals surface area contributed by atoms with Crippen LogP contribution in [0.25, 0.3) is 0 Å². The molecular formula is C12H18ClN3O. The van der Waals surface area contributed by atoms with Crippen molar-refractivity contribution in [3.63, 3.8) is 0 Å². The second kappa shape index (κ2) is 5.19. The Bertz CT molecular complexity index is 399. The number of aromatic nitrogens is 2. The van der Waals surface area contributed by atoms with Crippen molar-refractivity contribution in [2.45, 2.75) is 32.8 Å². The van der Waals surface area contributed by atoms with Gasteiger partial charge < -0.3 is 10.0 Å². The van der Waals surface area contributed by atoms with Crippen molar-refractivity contribution in [1.29, 1.82) is 0 Å². The molecule has 1 aromatic heterocycles. The molecule has 0 aromatic carbocycles. The summed E-state index contributed by atoms with van der Waals surface area (Å²) in [5.41, 5.74) is 0.998. The van der Waals surface area contributed by atoms with Crippen molar-refractivity contribution in [3.05, 3.63) is 17.0 Å². The first-order valence-electron chi connectivity index (χ1n) is 6.05. The average molecular weight is 256 g/mol.